The summed E-state index contributed by atoms with van der Waals surface area (Å²) in [5.74, 6) is 0.438. The minimum absolute atomic E-state index is 0.0394. The zero-order chi connectivity index (χ0) is 19.5. The van der Waals surface area contributed by atoms with E-state index in [4.69, 9.17) is 10.5 Å². The first-order valence-electron chi connectivity index (χ1n) is 9.46. The number of aryl methyl sites for hydroxylation is 1. The number of ether oxygens (including phenoxy) is 1. The highest BCUT2D eigenvalue weighted by Crippen LogP contribution is 2.31. The SMILES string of the molecule is Cc1ccccc1-c1cc(N)c2cnc(NC(=O)CC3COCCN3)cc2c1. The van der Waals surface area contributed by atoms with Gasteiger partial charge in [0, 0.05) is 36.3 Å². The average molecular weight is 376 g/mol. The molecule has 6 heteroatoms. The van der Waals surface area contributed by atoms with E-state index in [1.54, 1.807) is 6.20 Å². The molecule has 1 aromatic heterocycles. The highest BCUT2D eigenvalue weighted by molar-refractivity contribution is 5.99. The van der Waals surface area contributed by atoms with Crippen LogP contribution in [0.3, 0.4) is 0 Å². The maximum absolute atomic E-state index is 12.3. The zero-order valence-electron chi connectivity index (χ0n) is 15.9. The van der Waals surface area contributed by atoms with Crippen LogP contribution in [0.2, 0.25) is 0 Å². The van der Waals surface area contributed by atoms with Gasteiger partial charge in [-0.3, -0.25) is 4.79 Å². The Morgan fingerprint density at radius 3 is 2.96 bits per heavy atom. The number of nitrogens with one attached hydrogen (secondary N) is 2. The van der Waals surface area contributed by atoms with E-state index in [2.05, 4.69) is 40.7 Å². The van der Waals surface area contributed by atoms with Crippen LogP contribution in [-0.2, 0) is 9.53 Å². The summed E-state index contributed by atoms with van der Waals surface area (Å²) in [6, 6.07) is 14.2. The summed E-state index contributed by atoms with van der Waals surface area (Å²) in [6.45, 7) is 4.09. The van der Waals surface area contributed by atoms with Gasteiger partial charge >= 0.3 is 0 Å². The number of nitrogens with two attached hydrogens (primary N) is 1. The van der Waals surface area contributed by atoms with Gasteiger partial charge in [0.05, 0.1) is 13.2 Å². The van der Waals surface area contributed by atoms with E-state index < -0.39 is 0 Å². The van der Waals surface area contributed by atoms with Gasteiger partial charge in [-0.05, 0) is 47.2 Å². The smallest absolute Gasteiger partial charge is 0.227 e. The van der Waals surface area contributed by atoms with Crippen molar-refractivity contribution < 1.29 is 9.53 Å². The molecule has 4 N–H and O–H groups in total. The van der Waals surface area contributed by atoms with E-state index in [-0.39, 0.29) is 11.9 Å². The van der Waals surface area contributed by atoms with Crippen molar-refractivity contribution in [2.24, 2.45) is 0 Å². The number of amides is 1. The lowest BCUT2D eigenvalue weighted by Crippen LogP contribution is -2.43. The maximum atomic E-state index is 12.3. The Labute approximate surface area is 164 Å². The molecule has 6 nitrogen and oxygen atoms in total. The number of fused-ring (bicyclic) bond motifs is 1. The molecule has 28 heavy (non-hydrogen) atoms. The van der Waals surface area contributed by atoms with Crippen molar-refractivity contribution in [3.8, 4) is 11.1 Å². The Kier molecular flexibility index (Phi) is 5.23. The van der Waals surface area contributed by atoms with Crippen LogP contribution in [-0.4, -0.2) is 36.7 Å². The number of anilines is 2. The number of carbonyl (C=O) groups excluding carboxylic acids is 1. The molecule has 0 spiro atoms. The number of hydrogen-bond acceptors (Lipinski definition) is 5. The molecule has 0 bridgehead atoms. The molecule has 2 heterocycles. The monoisotopic (exact) mass is 376 g/mol. The van der Waals surface area contributed by atoms with Gasteiger partial charge in [0.2, 0.25) is 5.91 Å². The Morgan fingerprint density at radius 1 is 1.32 bits per heavy atom. The summed E-state index contributed by atoms with van der Waals surface area (Å²) in [5, 5.41) is 7.99. The summed E-state index contributed by atoms with van der Waals surface area (Å²) in [5.41, 5.74) is 10.3. The number of benzene rings is 2. The first-order chi connectivity index (χ1) is 13.6. The fraction of sp³-hybridized carbons (Fsp3) is 0.273. The summed E-state index contributed by atoms with van der Waals surface area (Å²) < 4.78 is 5.40. The van der Waals surface area contributed by atoms with E-state index in [0.717, 1.165) is 28.4 Å². The summed E-state index contributed by atoms with van der Waals surface area (Å²) >= 11 is 0. The van der Waals surface area contributed by atoms with E-state index in [0.29, 0.717) is 31.1 Å². The third-order valence-electron chi connectivity index (χ3n) is 5.02. The first-order valence-corrected chi connectivity index (χ1v) is 9.46. The van der Waals surface area contributed by atoms with Gasteiger partial charge in [0.1, 0.15) is 5.82 Å². The van der Waals surface area contributed by atoms with Crippen LogP contribution in [0.4, 0.5) is 11.5 Å². The van der Waals surface area contributed by atoms with Gasteiger partial charge in [0.15, 0.2) is 0 Å². The zero-order valence-corrected chi connectivity index (χ0v) is 15.9. The van der Waals surface area contributed by atoms with Gasteiger partial charge in [-0.25, -0.2) is 4.98 Å². The molecular formula is C22H24N4O2. The normalized spacial score (nSPS) is 16.8. The van der Waals surface area contributed by atoms with Crippen LogP contribution in [0.25, 0.3) is 21.9 Å². The predicted octanol–water partition coefficient (Wildman–Crippen LogP) is 3.11. The minimum atomic E-state index is -0.0853. The topological polar surface area (TPSA) is 89.3 Å². The maximum Gasteiger partial charge on any atom is 0.227 e. The van der Waals surface area contributed by atoms with Crippen molar-refractivity contribution in [3.63, 3.8) is 0 Å². The lowest BCUT2D eigenvalue weighted by Gasteiger charge is -2.23. The number of nitrogens with zero attached hydrogens (tertiary/aromatic N) is 1. The second-order valence-corrected chi connectivity index (χ2v) is 7.15. The molecule has 0 radical (unpaired) electrons. The molecule has 1 atom stereocenters. The van der Waals surface area contributed by atoms with Gasteiger partial charge in [-0.1, -0.05) is 24.3 Å². The van der Waals surface area contributed by atoms with Crippen LogP contribution in [0, 0.1) is 6.92 Å². The minimum Gasteiger partial charge on any atom is -0.398 e. The van der Waals surface area contributed by atoms with Gasteiger partial charge in [0.25, 0.3) is 0 Å². The molecule has 1 aliphatic heterocycles. The second kappa shape index (κ2) is 7.96. The molecule has 1 saturated heterocycles. The van der Waals surface area contributed by atoms with Crippen molar-refractivity contribution in [1.29, 1.82) is 0 Å². The fourth-order valence-electron chi connectivity index (χ4n) is 3.58. The Hall–Kier alpha value is -2.96. The number of aromatic nitrogens is 1. The van der Waals surface area contributed by atoms with Crippen LogP contribution < -0.4 is 16.4 Å². The first kappa shape index (κ1) is 18.4. The third-order valence-corrected chi connectivity index (χ3v) is 5.02. The fourth-order valence-corrected chi connectivity index (χ4v) is 3.58. The molecule has 1 aliphatic rings. The third kappa shape index (κ3) is 3.98. The lowest BCUT2D eigenvalue weighted by atomic mass is 9.97. The van der Waals surface area contributed by atoms with E-state index >= 15 is 0 Å². The van der Waals surface area contributed by atoms with Crippen molar-refractivity contribution in [2.45, 2.75) is 19.4 Å². The van der Waals surface area contributed by atoms with Gasteiger partial charge in [-0.2, -0.15) is 0 Å². The quantitative estimate of drug-likeness (QED) is 0.609. The van der Waals surface area contributed by atoms with Crippen LogP contribution >= 0.6 is 0 Å². The van der Waals surface area contributed by atoms with Crippen LogP contribution in [0.15, 0.2) is 48.7 Å². The van der Waals surface area contributed by atoms with Crippen molar-refractivity contribution in [1.82, 2.24) is 10.3 Å². The van der Waals surface area contributed by atoms with E-state index in [1.807, 2.05) is 24.3 Å². The number of rotatable bonds is 4. The van der Waals surface area contributed by atoms with E-state index in [9.17, 15) is 4.79 Å². The van der Waals surface area contributed by atoms with Crippen LogP contribution in [0.5, 0.6) is 0 Å². The standard InChI is InChI=1S/C22H24N4O2/c1-14-4-2-3-5-18(14)15-8-16-10-21(25-12-19(16)20(23)9-15)26-22(27)11-17-13-28-7-6-24-17/h2-5,8-10,12,17,24H,6-7,11,13,23H2,1H3,(H,25,26,27). The van der Waals surface area contributed by atoms with Gasteiger partial charge in [-0.15, -0.1) is 0 Å². The van der Waals surface area contributed by atoms with Crippen molar-refractivity contribution in [2.75, 3.05) is 30.8 Å². The molecule has 1 fully saturated rings. The molecule has 4 rings (SSSR count). The largest absolute Gasteiger partial charge is 0.398 e. The van der Waals surface area contributed by atoms with Crippen molar-refractivity contribution >= 4 is 28.2 Å². The molecule has 0 saturated carbocycles. The summed E-state index contributed by atoms with van der Waals surface area (Å²) in [4.78, 5) is 16.7. The number of hydrogen-bond donors (Lipinski definition) is 3. The molecule has 3 aromatic rings. The van der Waals surface area contributed by atoms with Crippen LogP contribution in [0.1, 0.15) is 12.0 Å². The summed E-state index contributed by atoms with van der Waals surface area (Å²) in [6.07, 6.45) is 2.06. The lowest BCUT2D eigenvalue weighted by molar-refractivity contribution is -0.117. The molecular weight excluding hydrogens is 352 g/mol. The number of carbonyl (C=O) groups is 1. The molecule has 0 aliphatic carbocycles. The number of nitrogen functional groups attached to an aromatic ring is 1. The summed E-state index contributed by atoms with van der Waals surface area (Å²) in [7, 11) is 0. The highest BCUT2D eigenvalue weighted by atomic mass is 16.5. The molecule has 2 aromatic carbocycles. The molecule has 1 amide bonds. The van der Waals surface area contributed by atoms with Gasteiger partial charge < -0.3 is 21.1 Å². The van der Waals surface area contributed by atoms with E-state index in [1.165, 1.54) is 5.56 Å². The second-order valence-electron chi connectivity index (χ2n) is 7.15. The van der Waals surface area contributed by atoms with Crippen molar-refractivity contribution in [3.05, 3.63) is 54.2 Å². The Morgan fingerprint density at radius 2 is 2.18 bits per heavy atom. The Balaban J connectivity index is 1.59. The molecule has 1 unspecified atom stereocenters. The average Bonchev–Trinajstić information content (AvgIpc) is 2.68. The highest BCUT2D eigenvalue weighted by Gasteiger charge is 2.17. The predicted molar refractivity (Wildman–Crippen MR) is 112 cm³/mol. The number of morpholine rings is 1. The Bertz CT molecular complexity index is 1010. The number of pyridine rings is 1. The molecule has 144 valence electrons.